The Bertz CT molecular complexity index is 723. The Kier molecular flexibility index (Phi) is 4.17. The van der Waals surface area contributed by atoms with Crippen molar-refractivity contribution in [3.63, 3.8) is 0 Å². The summed E-state index contributed by atoms with van der Waals surface area (Å²) in [6.45, 7) is 0. The molecule has 3 N–H and O–H groups in total. The molecule has 0 aliphatic carbocycles. The van der Waals surface area contributed by atoms with E-state index >= 15 is 0 Å². The third-order valence-corrected chi connectivity index (χ3v) is 5.40. The molecule has 2 aromatic carbocycles. The fourth-order valence-electron chi connectivity index (χ4n) is 2.38. The lowest BCUT2D eigenvalue weighted by molar-refractivity contribution is 0.559. The molecular formula is C16H15BrN2S. The van der Waals surface area contributed by atoms with E-state index in [2.05, 4.69) is 75.3 Å². The first kappa shape index (κ1) is 13.8. The normalized spacial score (nSPS) is 12.7. The van der Waals surface area contributed by atoms with Crippen molar-refractivity contribution in [1.29, 1.82) is 0 Å². The molecule has 0 aliphatic heterocycles. The van der Waals surface area contributed by atoms with Crippen LogP contribution < -0.4 is 11.3 Å². The van der Waals surface area contributed by atoms with E-state index in [0.29, 0.717) is 0 Å². The van der Waals surface area contributed by atoms with Crippen LogP contribution in [0.5, 0.6) is 0 Å². The minimum absolute atomic E-state index is 0.130. The van der Waals surface area contributed by atoms with E-state index in [1.165, 1.54) is 21.2 Å². The van der Waals surface area contributed by atoms with Gasteiger partial charge < -0.3 is 0 Å². The number of nitrogens with two attached hydrogens (primary N) is 1. The number of fused-ring (bicyclic) bond motifs is 1. The van der Waals surface area contributed by atoms with Gasteiger partial charge in [0.05, 0.1) is 6.04 Å². The molecule has 1 atom stereocenters. The van der Waals surface area contributed by atoms with E-state index in [1.54, 1.807) is 11.3 Å². The number of nitrogens with one attached hydrogen (secondary N) is 1. The van der Waals surface area contributed by atoms with Gasteiger partial charge >= 0.3 is 0 Å². The van der Waals surface area contributed by atoms with Gasteiger partial charge in [0.1, 0.15) is 0 Å². The Morgan fingerprint density at radius 3 is 2.60 bits per heavy atom. The van der Waals surface area contributed by atoms with Crippen molar-refractivity contribution in [2.45, 2.75) is 12.5 Å². The molecule has 3 aromatic rings. The van der Waals surface area contributed by atoms with Gasteiger partial charge in [-0.1, -0.05) is 42.5 Å². The highest BCUT2D eigenvalue weighted by molar-refractivity contribution is 9.10. The van der Waals surface area contributed by atoms with Crippen LogP contribution in [0.2, 0.25) is 0 Å². The van der Waals surface area contributed by atoms with Crippen molar-refractivity contribution in [3.8, 4) is 0 Å². The van der Waals surface area contributed by atoms with Crippen molar-refractivity contribution < 1.29 is 0 Å². The van der Waals surface area contributed by atoms with Crippen molar-refractivity contribution in [2.75, 3.05) is 0 Å². The summed E-state index contributed by atoms with van der Waals surface area (Å²) in [5.74, 6) is 5.73. The summed E-state index contributed by atoms with van der Waals surface area (Å²) in [5.41, 5.74) is 4.21. The highest BCUT2D eigenvalue weighted by atomic mass is 79.9. The van der Waals surface area contributed by atoms with Gasteiger partial charge in [-0.05, 0) is 50.1 Å². The summed E-state index contributed by atoms with van der Waals surface area (Å²) in [7, 11) is 0. The molecule has 2 nitrogen and oxygen atoms in total. The van der Waals surface area contributed by atoms with E-state index in [9.17, 15) is 0 Å². The summed E-state index contributed by atoms with van der Waals surface area (Å²) in [6, 6.07) is 17.2. The first-order chi connectivity index (χ1) is 9.78. The first-order valence-electron chi connectivity index (χ1n) is 6.44. The number of halogens is 1. The smallest absolute Gasteiger partial charge is 0.0604 e. The SMILES string of the molecule is NNC(Cc1ccc2ccccc2c1)c1sccc1Br. The Balaban J connectivity index is 1.89. The number of rotatable bonds is 4. The minimum atomic E-state index is 0.130. The van der Waals surface area contributed by atoms with Crippen molar-refractivity contribution >= 4 is 38.0 Å². The Morgan fingerprint density at radius 2 is 1.90 bits per heavy atom. The van der Waals surface area contributed by atoms with Crippen molar-refractivity contribution in [3.05, 3.63) is 68.8 Å². The molecule has 0 saturated heterocycles. The standard InChI is InChI=1S/C16H15BrN2S/c17-14-7-8-20-16(14)15(19-18)10-11-5-6-12-3-1-2-4-13(12)9-11/h1-9,15,19H,10,18H2. The second-order valence-corrected chi connectivity index (χ2v) is 6.54. The molecule has 1 heterocycles. The zero-order valence-electron chi connectivity index (χ0n) is 10.8. The third kappa shape index (κ3) is 2.79. The molecule has 3 rings (SSSR count). The number of thiophene rings is 1. The minimum Gasteiger partial charge on any atom is -0.271 e. The maximum absolute atomic E-state index is 5.73. The fourth-order valence-corrected chi connectivity index (χ4v) is 4.09. The third-order valence-electron chi connectivity index (χ3n) is 3.42. The zero-order chi connectivity index (χ0) is 13.9. The molecule has 1 unspecified atom stereocenters. The molecule has 0 bridgehead atoms. The van der Waals surface area contributed by atoms with Gasteiger partial charge in [-0.2, -0.15) is 0 Å². The molecule has 0 amide bonds. The van der Waals surface area contributed by atoms with E-state index in [-0.39, 0.29) is 6.04 Å². The number of benzene rings is 2. The van der Waals surface area contributed by atoms with E-state index < -0.39 is 0 Å². The van der Waals surface area contributed by atoms with Gasteiger partial charge in [-0.25, -0.2) is 0 Å². The molecule has 0 fully saturated rings. The van der Waals surface area contributed by atoms with E-state index in [0.717, 1.165) is 10.9 Å². The first-order valence-corrected chi connectivity index (χ1v) is 8.12. The van der Waals surface area contributed by atoms with Gasteiger partial charge in [-0.15, -0.1) is 11.3 Å². The topological polar surface area (TPSA) is 38.0 Å². The average molecular weight is 347 g/mol. The number of hydrogen-bond acceptors (Lipinski definition) is 3. The highest BCUT2D eigenvalue weighted by Crippen LogP contribution is 2.31. The van der Waals surface area contributed by atoms with Gasteiger partial charge in [0.25, 0.3) is 0 Å². The zero-order valence-corrected chi connectivity index (χ0v) is 13.2. The summed E-state index contributed by atoms with van der Waals surface area (Å²) in [5, 5.41) is 4.61. The summed E-state index contributed by atoms with van der Waals surface area (Å²) < 4.78 is 1.12. The lowest BCUT2D eigenvalue weighted by atomic mass is 10.0. The molecule has 0 radical (unpaired) electrons. The van der Waals surface area contributed by atoms with E-state index in [4.69, 9.17) is 5.84 Å². The predicted octanol–water partition coefficient (Wildman–Crippen LogP) is 4.41. The van der Waals surface area contributed by atoms with Crippen LogP contribution in [0.25, 0.3) is 10.8 Å². The Morgan fingerprint density at radius 1 is 1.10 bits per heavy atom. The predicted molar refractivity (Wildman–Crippen MR) is 89.7 cm³/mol. The van der Waals surface area contributed by atoms with Gasteiger partial charge in [-0.3, -0.25) is 11.3 Å². The van der Waals surface area contributed by atoms with Crippen LogP contribution in [-0.2, 0) is 6.42 Å². The maximum Gasteiger partial charge on any atom is 0.0604 e. The molecule has 20 heavy (non-hydrogen) atoms. The molecular weight excluding hydrogens is 332 g/mol. The quantitative estimate of drug-likeness (QED) is 0.542. The van der Waals surface area contributed by atoms with Crippen LogP contribution in [0.4, 0.5) is 0 Å². The molecule has 4 heteroatoms. The number of hydrazine groups is 1. The highest BCUT2D eigenvalue weighted by Gasteiger charge is 2.15. The molecule has 0 saturated carbocycles. The Hall–Kier alpha value is -1.20. The van der Waals surface area contributed by atoms with Crippen LogP contribution >= 0.6 is 27.3 Å². The molecule has 0 aliphatic rings. The Labute approximate surface area is 130 Å². The molecule has 1 aromatic heterocycles. The van der Waals surface area contributed by atoms with Crippen molar-refractivity contribution in [2.24, 2.45) is 5.84 Å². The second kappa shape index (κ2) is 6.06. The summed E-state index contributed by atoms with van der Waals surface area (Å²) in [6.07, 6.45) is 0.875. The van der Waals surface area contributed by atoms with Gasteiger partial charge in [0, 0.05) is 9.35 Å². The number of hydrogen-bond donors (Lipinski definition) is 2. The summed E-state index contributed by atoms with van der Waals surface area (Å²) in [4.78, 5) is 1.24. The fraction of sp³-hybridized carbons (Fsp3) is 0.125. The van der Waals surface area contributed by atoms with Crippen LogP contribution in [0.15, 0.2) is 58.4 Å². The molecule has 0 spiro atoms. The van der Waals surface area contributed by atoms with Crippen LogP contribution in [0.3, 0.4) is 0 Å². The summed E-state index contributed by atoms with van der Waals surface area (Å²) >= 11 is 5.29. The van der Waals surface area contributed by atoms with E-state index in [1.807, 2.05) is 0 Å². The van der Waals surface area contributed by atoms with Crippen LogP contribution in [0, 0.1) is 0 Å². The largest absolute Gasteiger partial charge is 0.271 e. The lowest BCUT2D eigenvalue weighted by Gasteiger charge is -2.15. The average Bonchev–Trinajstić information content (AvgIpc) is 2.91. The van der Waals surface area contributed by atoms with Gasteiger partial charge in [0.2, 0.25) is 0 Å². The maximum atomic E-state index is 5.73. The second-order valence-electron chi connectivity index (χ2n) is 4.74. The monoisotopic (exact) mass is 346 g/mol. The molecule has 102 valence electrons. The van der Waals surface area contributed by atoms with Gasteiger partial charge in [0.15, 0.2) is 0 Å². The van der Waals surface area contributed by atoms with Crippen LogP contribution in [-0.4, -0.2) is 0 Å². The van der Waals surface area contributed by atoms with Crippen molar-refractivity contribution in [1.82, 2.24) is 5.43 Å². The van der Waals surface area contributed by atoms with Crippen LogP contribution in [0.1, 0.15) is 16.5 Å². The lowest BCUT2D eigenvalue weighted by Crippen LogP contribution is -2.29.